The fourth-order valence-electron chi connectivity index (χ4n) is 1.30. The summed E-state index contributed by atoms with van der Waals surface area (Å²) in [6.45, 7) is 1.73. The van der Waals surface area contributed by atoms with Gasteiger partial charge in [0.2, 0.25) is 5.91 Å². The summed E-state index contributed by atoms with van der Waals surface area (Å²) in [5.74, 6) is -0.385. The molecular weight excluding hydrogens is 220 g/mol. The quantitative estimate of drug-likeness (QED) is 0.686. The van der Waals surface area contributed by atoms with E-state index in [1.165, 1.54) is 13.2 Å². The zero-order valence-electron chi connectivity index (χ0n) is 10.1. The number of nitrogens with one attached hydrogen (secondary N) is 3. The lowest BCUT2D eigenvalue weighted by Crippen LogP contribution is -2.35. The van der Waals surface area contributed by atoms with Crippen molar-refractivity contribution in [2.24, 2.45) is 0 Å². The minimum atomic E-state index is -0.375. The molecule has 1 heterocycles. The van der Waals surface area contributed by atoms with E-state index < -0.39 is 0 Å². The van der Waals surface area contributed by atoms with E-state index in [0.717, 1.165) is 0 Å². The molecule has 0 aliphatic rings. The molecule has 1 rings (SSSR count). The highest BCUT2D eigenvalue weighted by Crippen LogP contribution is 2.09. The van der Waals surface area contributed by atoms with Crippen LogP contribution in [0, 0.1) is 0 Å². The topological polar surface area (TPSA) is 83.1 Å². The molecule has 0 radical (unpaired) electrons. The average molecular weight is 236 g/mol. The van der Waals surface area contributed by atoms with Crippen molar-refractivity contribution in [1.29, 1.82) is 0 Å². The number of carbonyl (C=O) groups excluding carboxylic acids is 2. The highest BCUT2D eigenvalue weighted by molar-refractivity contribution is 5.93. The maximum absolute atomic E-state index is 11.4. The molecule has 1 atom stereocenters. The molecule has 3 N–H and O–H groups in total. The Morgan fingerprint density at radius 3 is 2.59 bits per heavy atom. The summed E-state index contributed by atoms with van der Waals surface area (Å²) in [4.78, 5) is 26.6. The number of nitrogens with zero attached hydrogens (tertiary/aromatic N) is 1. The molecule has 92 valence electrons. The summed E-state index contributed by atoms with van der Waals surface area (Å²) < 4.78 is 0. The van der Waals surface area contributed by atoms with Crippen LogP contribution in [0.25, 0.3) is 0 Å². The number of hydrogen-bond acceptors (Lipinski definition) is 4. The van der Waals surface area contributed by atoms with Crippen LogP contribution in [-0.2, 0) is 4.79 Å². The van der Waals surface area contributed by atoms with E-state index in [1.54, 1.807) is 26.1 Å². The zero-order chi connectivity index (χ0) is 12.8. The first-order chi connectivity index (χ1) is 8.08. The first-order valence-corrected chi connectivity index (χ1v) is 5.24. The number of rotatable bonds is 4. The number of carbonyl (C=O) groups is 2. The minimum absolute atomic E-state index is 0.122. The van der Waals surface area contributed by atoms with Crippen molar-refractivity contribution in [2.45, 2.75) is 13.0 Å². The highest BCUT2D eigenvalue weighted by Gasteiger charge is 2.11. The van der Waals surface area contributed by atoms with Gasteiger partial charge in [-0.15, -0.1) is 0 Å². The minimum Gasteiger partial charge on any atom is -0.374 e. The molecule has 1 aromatic heterocycles. The Labute approximate surface area is 99.8 Å². The van der Waals surface area contributed by atoms with E-state index in [-0.39, 0.29) is 17.9 Å². The van der Waals surface area contributed by atoms with Crippen LogP contribution in [-0.4, -0.2) is 36.9 Å². The van der Waals surface area contributed by atoms with Crippen LogP contribution in [0.4, 0.5) is 5.69 Å². The maximum Gasteiger partial charge on any atom is 0.269 e. The largest absolute Gasteiger partial charge is 0.374 e. The van der Waals surface area contributed by atoms with Gasteiger partial charge in [-0.3, -0.25) is 14.6 Å². The van der Waals surface area contributed by atoms with E-state index >= 15 is 0 Å². The van der Waals surface area contributed by atoms with Gasteiger partial charge in [0.25, 0.3) is 5.91 Å². The van der Waals surface area contributed by atoms with Crippen LogP contribution >= 0.6 is 0 Å². The molecule has 0 bridgehead atoms. The standard InChI is InChI=1S/C11H16N4O2/c1-7(10(16)12-2)15-8-4-5-14-9(6-8)11(17)13-3/h4-7H,1-3H3,(H,12,16)(H,13,17)(H,14,15). The van der Waals surface area contributed by atoms with Crippen LogP contribution < -0.4 is 16.0 Å². The van der Waals surface area contributed by atoms with Crippen molar-refractivity contribution in [3.63, 3.8) is 0 Å². The number of hydrogen-bond donors (Lipinski definition) is 3. The fraction of sp³-hybridized carbons (Fsp3) is 0.364. The second-order valence-corrected chi connectivity index (χ2v) is 3.49. The first-order valence-electron chi connectivity index (χ1n) is 5.24. The van der Waals surface area contributed by atoms with E-state index in [9.17, 15) is 9.59 Å². The van der Waals surface area contributed by atoms with Gasteiger partial charge < -0.3 is 16.0 Å². The number of anilines is 1. The molecule has 0 aliphatic heterocycles. The zero-order valence-corrected chi connectivity index (χ0v) is 10.1. The number of aromatic nitrogens is 1. The molecule has 1 aromatic rings. The Morgan fingerprint density at radius 2 is 2.00 bits per heavy atom. The Morgan fingerprint density at radius 1 is 1.29 bits per heavy atom. The summed E-state index contributed by atoms with van der Waals surface area (Å²) in [5, 5.41) is 8.00. The lowest BCUT2D eigenvalue weighted by atomic mass is 10.2. The van der Waals surface area contributed by atoms with Gasteiger partial charge in [-0.2, -0.15) is 0 Å². The molecule has 17 heavy (non-hydrogen) atoms. The molecular formula is C11H16N4O2. The summed E-state index contributed by atoms with van der Waals surface area (Å²) in [6.07, 6.45) is 1.52. The summed E-state index contributed by atoms with van der Waals surface area (Å²) in [7, 11) is 3.11. The molecule has 0 aliphatic carbocycles. The van der Waals surface area contributed by atoms with E-state index in [0.29, 0.717) is 11.4 Å². The Balaban J connectivity index is 2.79. The van der Waals surface area contributed by atoms with Crippen LogP contribution in [0.2, 0.25) is 0 Å². The first kappa shape index (κ1) is 13.0. The summed E-state index contributed by atoms with van der Waals surface area (Å²) in [6, 6.07) is 2.92. The highest BCUT2D eigenvalue weighted by atomic mass is 16.2. The van der Waals surface area contributed by atoms with Crippen molar-refractivity contribution in [2.75, 3.05) is 19.4 Å². The Bertz CT molecular complexity index is 420. The van der Waals surface area contributed by atoms with Crippen LogP contribution in [0.15, 0.2) is 18.3 Å². The van der Waals surface area contributed by atoms with Gasteiger partial charge >= 0.3 is 0 Å². The SMILES string of the molecule is CNC(=O)c1cc(NC(C)C(=O)NC)ccn1. The third-order valence-corrected chi connectivity index (χ3v) is 2.24. The normalized spacial score (nSPS) is 11.5. The molecule has 6 nitrogen and oxygen atoms in total. The Hall–Kier alpha value is -2.11. The average Bonchev–Trinajstić information content (AvgIpc) is 2.37. The van der Waals surface area contributed by atoms with Crippen molar-refractivity contribution >= 4 is 17.5 Å². The van der Waals surface area contributed by atoms with Crippen LogP contribution in [0.1, 0.15) is 17.4 Å². The molecule has 0 saturated carbocycles. The van der Waals surface area contributed by atoms with Gasteiger partial charge in [-0.1, -0.05) is 0 Å². The lowest BCUT2D eigenvalue weighted by Gasteiger charge is -2.13. The number of likely N-dealkylation sites (N-methyl/N-ethyl adjacent to an activating group) is 1. The Kier molecular flexibility index (Phi) is 4.45. The maximum atomic E-state index is 11.4. The van der Waals surface area contributed by atoms with Gasteiger partial charge in [0.1, 0.15) is 11.7 Å². The monoisotopic (exact) mass is 236 g/mol. The number of pyridine rings is 1. The van der Waals surface area contributed by atoms with Crippen molar-refractivity contribution in [1.82, 2.24) is 15.6 Å². The molecule has 0 fully saturated rings. The molecule has 0 spiro atoms. The van der Waals surface area contributed by atoms with Gasteiger partial charge in [0.05, 0.1) is 0 Å². The molecule has 1 unspecified atom stereocenters. The fourth-order valence-corrected chi connectivity index (χ4v) is 1.30. The molecule has 0 aromatic carbocycles. The molecule has 0 saturated heterocycles. The second-order valence-electron chi connectivity index (χ2n) is 3.49. The van der Waals surface area contributed by atoms with Gasteiger partial charge in [0.15, 0.2) is 0 Å². The van der Waals surface area contributed by atoms with Crippen molar-refractivity contribution in [3.05, 3.63) is 24.0 Å². The van der Waals surface area contributed by atoms with Gasteiger partial charge in [0, 0.05) is 26.0 Å². The molecule has 6 heteroatoms. The van der Waals surface area contributed by atoms with Gasteiger partial charge in [-0.05, 0) is 19.1 Å². The predicted molar refractivity (Wildman–Crippen MR) is 64.8 cm³/mol. The smallest absolute Gasteiger partial charge is 0.269 e. The van der Waals surface area contributed by atoms with E-state index in [4.69, 9.17) is 0 Å². The molecule has 2 amide bonds. The van der Waals surface area contributed by atoms with Crippen molar-refractivity contribution in [3.8, 4) is 0 Å². The lowest BCUT2D eigenvalue weighted by molar-refractivity contribution is -0.121. The third-order valence-electron chi connectivity index (χ3n) is 2.24. The van der Waals surface area contributed by atoms with Crippen LogP contribution in [0.3, 0.4) is 0 Å². The predicted octanol–water partition coefficient (Wildman–Crippen LogP) is -0.0124. The van der Waals surface area contributed by atoms with Crippen molar-refractivity contribution < 1.29 is 9.59 Å². The van der Waals surface area contributed by atoms with Gasteiger partial charge in [-0.25, -0.2) is 0 Å². The second kappa shape index (κ2) is 5.83. The van der Waals surface area contributed by atoms with E-state index in [2.05, 4.69) is 20.9 Å². The number of amides is 2. The summed E-state index contributed by atoms with van der Waals surface area (Å²) >= 11 is 0. The summed E-state index contributed by atoms with van der Waals surface area (Å²) in [5.41, 5.74) is 0.983. The third kappa shape index (κ3) is 3.44. The van der Waals surface area contributed by atoms with E-state index in [1.807, 2.05) is 0 Å². The van der Waals surface area contributed by atoms with Crippen LogP contribution in [0.5, 0.6) is 0 Å².